The van der Waals surface area contributed by atoms with Crippen LogP contribution in [-0.2, 0) is 25.2 Å². The Morgan fingerprint density at radius 2 is 1.39 bits per heavy atom. The zero-order valence-electron chi connectivity index (χ0n) is 27.5. The molecular formula is C30H40B2N4O10. The van der Waals surface area contributed by atoms with E-state index < -0.39 is 43.7 Å². The van der Waals surface area contributed by atoms with Crippen LogP contribution in [0.5, 0.6) is 0 Å². The van der Waals surface area contributed by atoms with Gasteiger partial charge in [-0.1, -0.05) is 12.1 Å². The number of carbonyl (C=O) groups is 2. The van der Waals surface area contributed by atoms with Crippen molar-refractivity contribution in [3.05, 3.63) is 35.9 Å². The highest BCUT2D eigenvalue weighted by molar-refractivity contribution is 6.61. The second kappa shape index (κ2) is 13.7. The number of aromatic nitrogens is 2. The lowest BCUT2D eigenvalue weighted by Gasteiger charge is -2.22. The van der Waals surface area contributed by atoms with E-state index in [1.165, 1.54) is 6.07 Å². The Kier molecular flexibility index (Phi) is 10.4. The fourth-order valence-corrected chi connectivity index (χ4v) is 4.41. The van der Waals surface area contributed by atoms with Crippen LogP contribution in [0.3, 0.4) is 0 Å². The third kappa shape index (κ3) is 9.69. The predicted molar refractivity (Wildman–Crippen MR) is 173 cm³/mol. The number of fused-ring (bicyclic) bond motifs is 2. The van der Waals surface area contributed by atoms with E-state index in [2.05, 4.69) is 20.6 Å². The van der Waals surface area contributed by atoms with Gasteiger partial charge >= 0.3 is 38.5 Å². The summed E-state index contributed by atoms with van der Waals surface area (Å²) in [4.78, 5) is 33.1. The molecule has 1 unspecified atom stereocenters. The molecule has 0 bridgehead atoms. The van der Waals surface area contributed by atoms with Gasteiger partial charge in [0.05, 0.1) is 0 Å². The molecule has 0 aliphatic carbocycles. The number of rotatable bonds is 10. The number of nitrogens with zero attached hydrogens (tertiary/aromatic N) is 2. The van der Waals surface area contributed by atoms with Crippen molar-refractivity contribution in [3.63, 3.8) is 0 Å². The average molecular weight is 638 g/mol. The quantitative estimate of drug-likeness (QED) is 0.182. The van der Waals surface area contributed by atoms with Crippen LogP contribution in [0.15, 0.2) is 39.2 Å². The van der Waals surface area contributed by atoms with Crippen LogP contribution in [0.2, 0.25) is 0 Å². The Hall–Kier alpha value is -4.11. The Morgan fingerprint density at radius 3 is 1.96 bits per heavy atom. The first-order valence-corrected chi connectivity index (χ1v) is 14.9. The average Bonchev–Trinajstić information content (AvgIpc) is 3.47. The van der Waals surface area contributed by atoms with Crippen molar-refractivity contribution in [2.75, 3.05) is 10.6 Å². The minimum Gasteiger partial charge on any atom is -0.443 e. The number of benzene rings is 2. The Balaban J connectivity index is 1.55. The molecule has 16 heteroatoms. The van der Waals surface area contributed by atoms with Gasteiger partial charge in [0.1, 0.15) is 22.2 Å². The number of ether oxygens (including phenoxy) is 2. The molecule has 2 aromatic carbocycles. The number of nitrogens with one attached hydrogen (secondary N) is 2. The smallest absolute Gasteiger partial charge is 0.443 e. The maximum atomic E-state index is 12.3. The largest absolute Gasteiger partial charge is 0.494 e. The lowest BCUT2D eigenvalue weighted by Crippen LogP contribution is -2.41. The number of oxazole rings is 2. The molecule has 1 atom stereocenters. The summed E-state index contributed by atoms with van der Waals surface area (Å²) >= 11 is 0. The van der Waals surface area contributed by atoms with Crippen molar-refractivity contribution in [1.82, 2.24) is 9.97 Å². The summed E-state index contributed by atoms with van der Waals surface area (Å²) in [7, 11) is -2.58. The SMILES string of the molecule is CC(C)OB(OC(C)Cc1cc(B(O)O)cc2nc(NC(=O)OC(C)(C)C)oc12)c1ccc2oc(NC(=O)OC(C)(C)C)nc2c1. The van der Waals surface area contributed by atoms with E-state index in [9.17, 15) is 19.6 Å². The van der Waals surface area contributed by atoms with E-state index >= 15 is 0 Å². The Bertz CT molecular complexity index is 1690. The van der Waals surface area contributed by atoms with Gasteiger partial charge in [-0.05, 0) is 97.0 Å². The van der Waals surface area contributed by atoms with Gasteiger partial charge in [0, 0.05) is 18.6 Å². The topological polar surface area (TPSA) is 188 Å². The summed E-state index contributed by atoms with van der Waals surface area (Å²) in [5, 5.41) is 24.8. The van der Waals surface area contributed by atoms with Gasteiger partial charge in [0.2, 0.25) is 0 Å². The first kappa shape index (κ1) is 34.8. The van der Waals surface area contributed by atoms with Crippen LogP contribution in [0.4, 0.5) is 21.6 Å². The summed E-state index contributed by atoms with van der Waals surface area (Å²) in [6.07, 6.45) is -1.87. The third-order valence-electron chi connectivity index (χ3n) is 6.05. The summed E-state index contributed by atoms with van der Waals surface area (Å²) in [5.74, 6) is 0. The minimum absolute atomic E-state index is 0.0143. The summed E-state index contributed by atoms with van der Waals surface area (Å²) in [6.45, 7) is 16.0. The van der Waals surface area contributed by atoms with Crippen LogP contribution >= 0.6 is 0 Å². The molecule has 2 heterocycles. The van der Waals surface area contributed by atoms with Crippen molar-refractivity contribution in [2.45, 2.75) is 92.1 Å². The summed E-state index contributed by atoms with van der Waals surface area (Å²) < 4.78 is 34.5. The molecule has 2 aromatic heterocycles. The van der Waals surface area contributed by atoms with Gasteiger partial charge < -0.3 is 37.7 Å². The van der Waals surface area contributed by atoms with E-state index in [1.54, 1.807) is 65.8 Å². The van der Waals surface area contributed by atoms with E-state index in [0.29, 0.717) is 33.2 Å². The molecule has 2 amide bonds. The molecule has 0 aliphatic rings. The molecule has 4 rings (SSSR count). The Morgan fingerprint density at radius 1 is 0.826 bits per heavy atom. The fraction of sp³-hybridized carbons (Fsp3) is 0.467. The van der Waals surface area contributed by atoms with Crippen LogP contribution in [0, 0.1) is 0 Å². The van der Waals surface area contributed by atoms with Gasteiger partial charge in [0.25, 0.3) is 0 Å². The van der Waals surface area contributed by atoms with E-state index in [1.807, 2.05) is 20.8 Å². The standard InChI is InChI=1S/C30H40B2N4O10/c1-16(2)45-32(19-10-11-23-21(14-19)33-25(41-23)35-27(37)43-29(4,5)6)46-17(3)12-18-13-20(31(39)40)15-22-24(18)42-26(34-22)36-28(38)44-30(7,8)9/h10-11,13-17,39-40H,12H2,1-9H3,(H,33,35,37)(H,34,36,38). The molecule has 0 spiro atoms. The number of hydrogen-bond donors (Lipinski definition) is 4. The van der Waals surface area contributed by atoms with Crippen molar-refractivity contribution in [1.29, 1.82) is 0 Å². The first-order valence-electron chi connectivity index (χ1n) is 14.9. The van der Waals surface area contributed by atoms with Crippen LogP contribution in [0.25, 0.3) is 22.2 Å². The van der Waals surface area contributed by atoms with Gasteiger partial charge in [0.15, 0.2) is 11.2 Å². The lowest BCUT2D eigenvalue weighted by molar-refractivity contribution is 0.0620. The fourth-order valence-electron chi connectivity index (χ4n) is 4.41. The Labute approximate surface area is 267 Å². The molecule has 0 saturated heterocycles. The highest BCUT2D eigenvalue weighted by atomic mass is 16.6. The van der Waals surface area contributed by atoms with Crippen LogP contribution in [0.1, 0.15) is 67.9 Å². The van der Waals surface area contributed by atoms with Gasteiger partial charge in [-0.15, -0.1) is 0 Å². The van der Waals surface area contributed by atoms with E-state index in [4.69, 9.17) is 27.6 Å². The number of carbonyl (C=O) groups excluding carboxylic acids is 2. The van der Waals surface area contributed by atoms with Crippen LogP contribution in [-0.4, -0.2) is 69.8 Å². The number of hydrogen-bond acceptors (Lipinski definition) is 12. The predicted octanol–water partition coefficient (Wildman–Crippen LogP) is 4.11. The monoisotopic (exact) mass is 638 g/mol. The van der Waals surface area contributed by atoms with E-state index in [0.717, 1.165) is 0 Å². The van der Waals surface area contributed by atoms with Crippen molar-refractivity contribution >= 4 is 71.6 Å². The molecule has 0 fully saturated rings. The molecule has 14 nitrogen and oxygen atoms in total. The second-order valence-electron chi connectivity index (χ2n) is 13.1. The van der Waals surface area contributed by atoms with Crippen molar-refractivity contribution in [2.24, 2.45) is 0 Å². The first-order chi connectivity index (χ1) is 21.3. The molecule has 246 valence electrons. The lowest BCUT2D eigenvalue weighted by atomic mass is 9.77. The number of amides is 2. The van der Waals surface area contributed by atoms with Gasteiger partial charge in [-0.2, -0.15) is 9.97 Å². The number of anilines is 2. The normalized spacial score (nSPS) is 12.8. The molecular weight excluding hydrogens is 598 g/mol. The minimum atomic E-state index is -1.76. The van der Waals surface area contributed by atoms with Crippen molar-refractivity contribution in [3.8, 4) is 0 Å². The third-order valence-corrected chi connectivity index (χ3v) is 6.05. The molecule has 4 N–H and O–H groups in total. The summed E-state index contributed by atoms with van der Waals surface area (Å²) in [6, 6.07) is 8.13. The molecule has 0 saturated carbocycles. The zero-order chi connectivity index (χ0) is 34.0. The van der Waals surface area contributed by atoms with Crippen LogP contribution < -0.4 is 21.6 Å². The second-order valence-corrected chi connectivity index (χ2v) is 13.1. The highest BCUT2D eigenvalue weighted by Crippen LogP contribution is 2.25. The van der Waals surface area contributed by atoms with Gasteiger partial charge in [-0.25, -0.2) is 20.2 Å². The maximum absolute atomic E-state index is 12.3. The molecule has 0 radical (unpaired) electrons. The zero-order valence-corrected chi connectivity index (χ0v) is 27.5. The maximum Gasteiger partial charge on any atom is 0.494 e. The highest BCUT2D eigenvalue weighted by Gasteiger charge is 2.28. The molecule has 4 aromatic rings. The molecule has 0 aliphatic heterocycles. The van der Waals surface area contributed by atoms with Crippen molar-refractivity contribution < 1.29 is 47.3 Å². The summed E-state index contributed by atoms with van der Waals surface area (Å²) in [5.41, 5.74) is 1.54. The molecule has 46 heavy (non-hydrogen) atoms. The van der Waals surface area contributed by atoms with E-state index in [-0.39, 0.29) is 30.0 Å². The van der Waals surface area contributed by atoms with Gasteiger partial charge in [-0.3, -0.25) is 0 Å².